The van der Waals surface area contributed by atoms with Crippen molar-refractivity contribution in [3.63, 3.8) is 0 Å². The molecule has 1 nitrogen and oxygen atoms in total. The van der Waals surface area contributed by atoms with Gasteiger partial charge in [0, 0.05) is 5.92 Å². The predicted molar refractivity (Wildman–Crippen MR) is 72.1 cm³/mol. The summed E-state index contributed by atoms with van der Waals surface area (Å²) < 4.78 is 0. The minimum atomic E-state index is -1.41. The molecular formula is C12H22OSSi. The molecule has 2 unspecified atom stereocenters. The Morgan fingerprint density at radius 3 is 2.40 bits per heavy atom. The molecule has 86 valence electrons. The van der Waals surface area contributed by atoms with Gasteiger partial charge < -0.3 is 0 Å². The fourth-order valence-electron chi connectivity index (χ4n) is 2.16. The molecule has 0 aromatic heterocycles. The summed E-state index contributed by atoms with van der Waals surface area (Å²) in [7, 11) is -1.41. The first-order chi connectivity index (χ1) is 6.88. The van der Waals surface area contributed by atoms with Crippen LogP contribution in [0.15, 0.2) is 11.3 Å². The molecule has 0 amide bonds. The van der Waals surface area contributed by atoms with Crippen molar-refractivity contribution >= 4 is 25.6 Å². The zero-order valence-corrected chi connectivity index (χ0v) is 12.3. The minimum absolute atomic E-state index is 0.277. The van der Waals surface area contributed by atoms with Crippen LogP contribution in [0.4, 0.5) is 0 Å². The van der Waals surface area contributed by atoms with Crippen molar-refractivity contribution in [2.45, 2.75) is 33.0 Å². The Bertz CT molecular complexity index is 278. The number of carbonyl (C=O) groups excluding carboxylic acids is 1. The summed E-state index contributed by atoms with van der Waals surface area (Å²) in [5.41, 5.74) is 0. The Kier molecular flexibility index (Phi) is 4.24. The molecule has 0 radical (unpaired) electrons. The lowest BCUT2D eigenvalue weighted by atomic mass is 9.94. The van der Waals surface area contributed by atoms with E-state index in [0.717, 1.165) is 12.2 Å². The van der Waals surface area contributed by atoms with Gasteiger partial charge in [0.2, 0.25) is 0 Å². The van der Waals surface area contributed by atoms with Crippen LogP contribution in [0.2, 0.25) is 19.6 Å². The molecule has 3 heteroatoms. The molecule has 0 aromatic carbocycles. The van der Waals surface area contributed by atoms with E-state index in [4.69, 9.17) is 0 Å². The van der Waals surface area contributed by atoms with Crippen LogP contribution in [-0.4, -0.2) is 25.9 Å². The minimum Gasteiger partial charge on any atom is -0.295 e. The second-order valence-corrected chi connectivity index (χ2v) is 11.5. The maximum atomic E-state index is 12.2. The van der Waals surface area contributed by atoms with E-state index in [9.17, 15) is 4.79 Å². The number of Topliss-reactive ketones (excluding diaryl/α,β-unsaturated/α-hetero) is 1. The van der Waals surface area contributed by atoms with E-state index < -0.39 is 8.07 Å². The molecule has 0 saturated heterocycles. The van der Waals surface area contributed by atoms with Gasteiger partial charge in [0.15, 0.2) is 5.78 Å². The number of hydrogen-bond donors (Lipinski definition) is 0. The molecule has 0 aliphatic heterocycles. The van der Waals surface area contributed by atoms with E-state index in [1.54, 1.807) is 0 Å². The van der Waals surface area contributed by atoms with E-state index in [0.29, 0.717) is 11.7 Å². The van der Waals surface area contributed by atoms with Crippen molar-refractivity contribution in [2.24, 2.45) is 11.8 Å². The molecular weight excluding hydrogens is 220 g/mol. The Morgan fingerprint density at radius 2 is 2.00 bits per heavy atom. The first-order valence-electron chi connectivity index (χ1n) is 5.63. The lowest BCUT2D eigenvalue weighted by Gasteiger charge is -2.18. The lowest BCUT2D eigenvalue weighted by molar-refractivity contribution is -0.118. The molecule has 0 spiro atoms. The normalized spacial score (nSPS) is 27.0. The van der Waals surface area contributed by atoms with E-state index in [1.165, 1.54) is 5.20 Å². The van der Waals surface area contributed by atoms with Gasteiger partial charge in [-0.1, -0.05) is 32.6 Å². The molecule has 1 aliphatic carbocycles. The summed E-state index contributed by atoms with van der Waals surface area (Å²) in [4.78, 5) is 12.2. The summed E-state index contributed by atoms with van der Waals surface area (Å²) in [6.07, 6.45) is 5.40. The highest BCUT2D eigenvalue weighted by molar-refractivity contribution is 7.98. The molecule has 0 saturated carbocycles. The molecule has 0 N–H and O–H groups in total. The topological polar surface area (TPSA) is 17.1 Å². The van der Waals surface area contributed by atoms with Crippen LogP contribution in [-0.2, 0) is 4.79 Å². The van der Waals surface area contributed by atoms with Crippen LogP contribution in [0.25, 0.3) is 0 Å². The van der Waals surface area contributed by atoms with Crippen molar-refractivity contribution in [1.29, 1.82) is 0 Å². The zero-order chi connectivity index (χ0) is 11.6. The number of carbonyl (C=O) groups is 1. The maximum absolute atomic E-state index is 12.2. The average Bonchev–Trinajstić information content (AvgIpc) is 2.39. The Hall–Kier alpha value is -0.0231. The van der Waals surface area contributed by atoms with E-state index in [-0.39, 0.29) is 5.92 Å². The van der Waals surface area contributed by atoms with Gasteiger partial charge in [-0.15, -0.1) is 0 Å². The van der Waals surface area contributed by atoms with Crippen LogP contribution in [0, 0.1) is 11.8 Å². The van der Waals surface area contributed by atoms with Crippen molar-refractivity contribution in [3.05, 3.63) is 11.3 Å². The third kappa shape index (κ3) is 2.97. The summed E-state index contributed by atoms with van der Waals surface area (Å²) in [5.74, 6) is 2.30. The number of hydrogen-bond acceptors (Lipinski definition) is 2. The molecule has 1 rings (SSSR count). The SMILES string of the molecule is CSCCC1C(=O)C([Si](C)(C)C)=CC1C. The number of allylic oxidation sites excluding steroid dienone is 2. The van der Waals surface area contributed by atoms with Crippen LogP contribution >= 0.6 is 11.8 Å². The van der Waals surface area contributed by atoms with E-state index in [1.807, 2.05) is 11.8 Å². The summed E-state index contributed by atoms with van der Waals surface area (Å²) >= 11 is 1.84. The van der Waals surface area contributed by atoms with Gasteiger partial charge in [0.25, 0.3) is 0 Å². The van der Waals surface area contributed by atoms with Crippen molar-refractivity contribution in [3.8, 4) is 0 Å². The smallest absolute Gasteiger partial charge is 0.158 e. The largest absolute Gasteiger partial charge is 0.295 e. The fourth-order valence-corrected chi connectivity index (χ4v) is 4.34. The lowest BCUT2D eigenvalue weighted by Crippen LogP contribution is -2.30. The second-order valence-electron chi connectivity index (χ2n) is 5.44. The molecule has 0 heterocycles. The number of ketones is 1. The standard InChI is InChI=1S/C12H22OSSi/c1-9-8-11(15(3,4)5)12(13)10(9)6-7-14-2/h8-10H,6-7H2,1-5H3. The van der Waals surface area contributed by atoms with E-state index >= 15 is 0 Å². The van der Waals surface area contributed by atoms with Crippen molar-refractivity contribution in [2.75, 3.05) is 12.0 Å². The van der Waals surface area contributed by atoms with Crippen LogP contribution in [0.1, 0.15) is 13.3 Å². The fraction of sp³-hybridized carbons (Fsp3) is 0.750. The third-order valence-electron chi connectivity index (χ3n) is 3.11. The molecule has 1 aliphatic rings. The first kappa shape index (κ1) is 13.0. The van der Waals surface area contributed by atoms with Crippen LogP contribution in [0.3, 0.4) is 0 Å². The summed E-state index contributed by atoms with van der Waals surface area (Å²) in [5, 5.41) is 1.18. The summed E-state index contributed by atoms with van der Waals surface area (Å²) in [6.45, 7) is 8.98. The molecule has 0 fully saturated rings. The van der Waals surface area contributed by atoms with Gasteiger partial charge in [-0.05, 0) is 29.5 Å². The highest BCUT2D eigenvalue weighted by Gasteiger charge is 2.38. The second kappa shape index (κ2) is 4.87. The quantitative estimate of drug-likeness (QED) is 0.703. The Labute approximate surface area is 98.7 Å². The molecule has 0 bridgehead atoms. The Morgan fingerprint density at radius 1 is 1.40 bits per heavy atom. The van der Waals surface area contributed by atoms with Crippen molar-refractivity contribution in [1.82, 2.24) is 0 Å². The summed E-state index contributed by atoms with van der Waals surface area (Å²) in [6, 6.07) is 0. The zero-order valence-electron chi connectivity index (χ0n) is 10.5. The van der Waals surface area contributed by atoms with Gasteiger partial charge >= 0.3 is 0 Å². The molecule has 0 aromatic rings. The highest BCUT2D eigenvalue weighted by Crippen LogP contribution is 2.34. The molecule has 2 atom stereocenters. The predicted octanol–water partition coefficient (Wildman–Crippen LogP) is 3.38. The van der Waals surface area contributed by atoms with Gasteiger partial charge in [-0.25, -0.2) is 0 Å². The van der Waals surface area contributed by atoms with Gasteiger partial charge in [0.05, 0.1) is 8.07 Å². The third-order valence-corrected chi connectivity index (χ3v) is 5.78. The molecule has 15 heavy (non-hydrogen) atoms. The monoisotopic (exact) mass is 242 g/mol. The van der Waals surface area contributed by atoms with Crippen LogP contribution in [0.5, 0.6) is 0 Å². The average molecular weight is 242 g/mol. The highest BCUT2D eigenvalue weighted by atomic mass is 32.2. The Balaban J connectivity index is 2.74. The van der Waals surface area contributed by atoms with Gasteiger partial charge in [0.1, 0.15) is 0 Å². The number of thioether (sulfide) groups is 1. The first-order valence-corrected chi connectivity index (χ1v) is 10.5. The van der Waals surface area contributed by atoms with Crippen LogP contribution < -0.4 is 0 Å². The van der Waals surface area contributed by atoms with Gasteiger partial charge in [-0.2, -0.15) is 11.8 Å². The number of rotatable bonds is 4. The van der Waals surface area contributed by atoms with Crippen molar-refractivity contribution < 1.29 is 4.79 Å². The maximum Gasteiger partial charge on any atom is 0.158 e. The van der Waals surface area contributed by atoms with Gasteiger partial charge in [-0.3, -0.25) is 4.79 Å². The van der Waals surface area contributed by atoms with E-state index in [2.05, 4.69) is 38.9 Å².